The van der Waals surface area contributed by atoms with E-state index in [0.29, 0.717) is 19.6 Å². The van der Waals surface area contributed by atoms with Gasteiger partial charge in [-0.3, -0.25) is 19.4 Å². The molecule has 0 aromatic carbocycles. The van der Waals surface area contributed by atoms with Crippen LogP contribution >= 0.6 is 0 Å². The molecule has 0 unspecified atom stereocenters. The van der Waals surface area contributed by atoms with Gasteiger partial charge >= 0.3 is 12.0 Å². The van der Waals surface area contributed by atoms with Gasteiger partial charge in [-0.1, -0.05) is 6.92 Å². The lowest BCUT2D eigenvalue weighted by Gasteiger charge is -2.20. The highest BCUT2D eigenvalue weighted by molar-refractivity contribution is 5.96. The Morgan fingerprint density at radius 3 is 2.65 bits per heavy atom. The normalized spacial score (nSPS) is 15.0. The van der Waals surface area contributed by atoms with E-state index in [1.807, 2.05) is 6.92 Å². The van der Waals surface area contributed by atoms with Crippen LogP contribution in [0.5, 0.6) is 0 Å². The van der Waals surface area contributed by atoms with Crippen molar-refractivity contribution >= 4 is 17.9 Å². The number of nitrogens with zero attached hydrogens (tertiary/aromatic N) is 2. The molecular formula is C10H17N3O4. The Kier molecular flexibility index (Phi) is 4.89. The van der Waals surface area contributed by atoms with Crippen LogP contribution < -0.4 is 5.32 Å². The largest absolute Gasteiger partial charge is 0.468 e. The quantitative estimate of drug-likeness (QED) is 0.629. The standard InChI is InChI=1S/C10H17N3O4/c1-3-12(7-9(15)17-2)6-8(14)13-5-4-11-10(13)16/h3-7H2,1-2H3,(H,11,16). The van der Waals surface area contributed by atoms with Crippen LogP contribution in [0.15, 0.2) is 0 Å². The molecular weight excluding hydrogens is 226 g/mol. The Morgan fingerprint density at radius 1 is 1.47 bits per heavy atom. The van der Waals surface area contributed by atoms with Gasteiger partial charge < -0.3 is 10.1 Å². The molecule has 0 aromatic rings. The SMILES string of the molecule is CCN(CC(=O)OC)CC(=O)N1CCNC1=O. The van der Waals surface area contributed by atoms with Crippen LogP contribution in [0, 0.1) is 0 Å². The first-order valence-corrected chi connectivity index (χ1v) is 5.45. The van der Waals surface area contributed by atoms with E-state index in [1.54, 1.807) is 4.90 Å². The summed E-state index contributed by atoms with van der Waals surface area (Å²) in [5.41, 5.74) is 0. The van der Waals surface area contributed by atoms with E-state index in [4.69, 9.17) is 0 Å². The fraction of sp³-hybridized carbons (Fsp3) is 0.700. The van der Waals surface area contributed by atoms with E-state index in [-0.39, 0.29) is 25.0 Å². The van der Waals surface area contributed by atoms with Crippen LogP contribution in [0.4, 0.5) is 4.79 Å². The van der Waals surface area contributed by atoms with Crippen LogP contribution in [0.1, 0.15) is 6.92 Å². The molecule has 0 saturated carbocycles. The molecule has 1 saturated heterocycles. The maximum Gasteiger partial charge on any atom is 0.324 e. The van der Waals surface area contributed by atoms with E-state index >= 15 is 0 Å². The molecule has 1 rings (SSSR count). The molecule has 0 bridgehead atoms. The predicted molar refractivity (Wildman–Crippen MR) is 59.2 cm³/mol. The van der Waals surface area contributed by atoms with Crippen molar-refractivity contribution in [3.63, 3.8) is 0 Å². The maximum atomic E-state index is 11.8. The van der Waals surface area contributed by atoms with Gasteiger partial charge in [-0.2, -0.15) is 0 Å². The van der Waals surface area contributed by atoms with Gasteiger partial charge in [0, 0.05) is 13.1 Å². The molecule has 3 amide bonds. The lowest BCUT2D eigenvalue weighted by molar-refractivity contribution is -0.142. The topological polar surface area (TPSA) is 79.0 Å². The summed E-state index contributed by atoms with van der Waals surface area (Å²) in [6, 6.07) is -0.371. The monoisotopic (exact) mass is 243 g/mol. The van der Waals surface area contributed by atoms with Gasteiger partial charge in [0.25, 0.3) is 0 Å². The van der Waals surface area contributed by atoms with Crippen molar-refractivity contribution in [2.75, 3.05) is 39.8 Å². The summed E-state index contributed by atoms with van der Waals surface area (Å²) in [7, 11) is 1.30. The lowest BCUT2D eigenvalue weighted by Crippen LogP contribution is -2.43. The number of carbonyl (C=O) groups excluding carboxylic acids is 3. The predicted octanol–water partition coefficient (Wildman–Crippen LogP) is -0.967. The highest BCUT2D eigenvalue weighted by Gasteiger charge is 2.27. The first-order valence-electron chi connectivity index (χ1n) is 5.45. The number of imide groups is 1. The maximum absolute atomic E-state index is 11.8. The number of carbonyl (C=O) groups is 3. The molecule has 1 fully saturated rings. The number of esters is 1. The summed E-state index contributed by atoms with van der Waals surface area (Å²) in [6.45, 7) is 3.32. The smallest absolute Gasteiger partial charge is 0.324 e. The van der Waals surface area contributed by atoms with Crippen LogP contribution in [-0.4, -0.2) is 67.5 Å². The molecule has 1 aliphatic rings. The van der Waals surface area contributed by atoms with Gasteiger partial charge in [-0.05, 0) is 6.54 Å². The zero-order valence-corrected chi connectivity index (χ0v) is 10.1. The number of methoxy groups -OCH3 is 1. The van der Waals surface area contributed by atoms with Crippen molar-refractivity contribution in [3.05, 3.63) is 0 Å². The van der Waals surface area contributed by atoms with Crippen molar-refractivity contribution in [3.8, 4) is 0 Å². The van der Waals surface area contributed by atoms with Gasteiger partial charge in [0.1, 0.15) is 0 Å². The average molecular weight is 243 g/mol. The Labute approximate surface area is 99.7 Å². The first kappa shape index (κ1) is 13.4. The van der Waals surface area contributed by atoms with Crippen LogP contribution in [0.2, 0.25) is 0 Å². The minimum atomic E-state index is -0.398. The lowest BCUT2D eigenvalue weighted by atomic mass is 10.4. The Hall–Kier alpha value is -1.63. The highest BCUT2D eigenvalue weighted by Crippen LogP contribution is 2.00. The number of hydrogen-bond donors (Lipinski definition) is 1. The van der Waals surface area contributed by atoms with Crippen molar-refractivity contribution in [2.45, 2.75) is 6.92 Å². The van der Waals surface area contributed by atoms with E-state index in [9.17, 15) is 14.4 Å². The van der Waals surface area contributed by atoms with Crippen LogP contribution in [0.3, 0.4) is 0 Å². The third-order valence-electron chi connectivity index (χ3n) is 2.54. The average Bonchev–Trinajstić information content (AvgIpc) is 2.74. The minimum absolute atomic E-state index is 0.0407. The molecule has 0 aromatic heterocycles. The van der Waals surface area contributed by atoms with Gasteiger partial charge in [-0.25, -0.2) is 4.79 Å². The van der Waals surface area contributed by atoms with Crippen molar-refractivity contribution < 1.29 is 19.1 Å². The summed E-state index contributed by atoms with van der Waals surface area (Å²) < 4.78 is 4.53. The Bertz CT molecular complexity index is 319. The molecule has 0 radical (unpaired) electrons. The fourth-order valence-electron chi connectivity index (χ4n) is 1.51. The van der Waals surface area contributed by atoms with Crippen molar-refractivity contribution in [1.82, 2.24) is 15.1 Å². The summed E-state index contributed by atoms with van der Waals surface area (Å²) in [5.74, 6) is -0.698. The summed E-state index contributed by atoms with van der Waals surface area (Å²) >= 11 is 0. The number of rotatable bonds is 5. The molecule has 0 spiro atoms. The van der Waals surface area contributed by atoms with Crippen LogP contribution in [0.25, 0.3) is 0 Å². The van der Waals surface area contributed by atoms with Gasteiger partial charge in [0.2, 0.25) is 5.91 Å². The summed E-state index contributed by atoms with van der Waals surface area (Å²) in [6.07, 6.45) is 0. The molecule has 1 heterocycles. The number of amides is 3. The second-order valence-corrected chi connectivity index (χ2v) is 3.66. The summed E-state index contributed by atoms with van der Waals surface area (Å²) in [5, 5.41) is 2.55. The Morgan fingerprint density at radius 2 is 2.18 bits per heavy atom. The number of nitrogens with one attached hydrogen (secondary N) is 1. The van der Waals surface area contributed by atoms with E-state index in [2.05, 4.69) is 10.1 Å². The molecule has 1 aliphatic heterocycles. The zero-order chi connectivity index (χ0) is 12.8. The second-order valence-electron chi connectivity index (χ2n) is 3.66. The highest BCUT2D eigenvalue weighted by atomic mass is 16.5. The van der Waals surface area contributed by atoms with Gasteiger partial charge in [0.05, 0.1) is 20.2 Å². The first-order chi connectivity index (χ1) is 8.08. The number of ether oxygens (including phenoxy) is 1. The third-order valence-corrected chi connectivity index (χ3v) is 2.54. The van der Waals surface area contributed by atoms with Crippen molar-refractivity contribution in [1.29, 1.82) is 0 Å². The molecule has 17 heavy (non-hydrogen) atoms. The van der Waals surface area contributed by atoms with E-state index < -0.39 is 5.97 Å². The molecule has 1 N–H and O–H groups in total. The van der Waals surface area contributed by atoms with E-state index in [0.717, 1.165) is 4.90 Å². The van der Waals surface area contributed by atoms with E-state index in [1.165, 1.54) is 7.11 Å². The molecule has 7 heteroatoms. The number of urea groups is 1. The second kappa shape index (κ2) is 6.19. The molecule has 7 nitrogen and oxygen atoms in total. The third kappa shape index (κ3) is 3.70. The molecule has 0 atom stereocenters. The summed E-state index contributed by atoms with van der Waals surface area (Å²) in [4.78, 5) is 36.9. The minimum Gasteiger partial charge on any atom is -0.468 e. The van der Waals surface area contributed by atoms with Crippen molar-refractivity contribution in [2.24, 2.45) is 0 Å². The zero-order valence-electron chi connectivity index (χ0n) is 10.1. The number of likely N-dealkylation sites (N-methyl/N-ethyl adjacent to an activating group) is 1. The molecule has 0 aliphatic carbocycles. The van der Waals surface area contributed by atoms with Crippen LogP contribution in [-0.2, 0) is 14.3 Å². The number of hydrogen-bond acceptors (Lipinski definition) is 5. The molecule has 96 valence electrons. The van der Waals surface area contributed by atoms with Gasteiger partial charge in [0.15, 0.2) is 0 Å². The fourth-order valence-corrected chi connectivity index (χ4v) is 1.51. The Balaban J connectivity index is 2.47. The van der Waals surface area contributed by atoms with Gasteiger partial charge in [-0.15, -0.1) is 0 Å².